The Morgan fingerprint density at radius 1 is 0.935 bits per heavy atom. The number of ether oxygens (including phenoxy) is 1. The van der Waals surface area contributed by atoms with Crippen LogP contribution in [0.3, 0.4) is 0 Å². The van der Waals surface area contributed by atoms with Crippen LogP contribution in [0.25, 0.3) is 22.6 Å². The smallest absolute Gasteiger partial charge is 0.193 e. The Morgan fingerprint density at radius 3 is 2.42 bits per heavy atom. The first-order valence-corrected chi connectivity index (χ1v) is 10.1. The van der Waals surface area contributed by atoms with Crippen LogP contribution in [-0.2, 0) is 0 Å². The summed E-state index contributed by atoms with van der Waals surface area (Å²) in [5.74, 6) is 0.735. The van der Waals surface area contributed by atoms with E-state index in [0.29, 0.717) is 0 Å². The second-order valence-electron chi connectivity index (χ2n) is 7.64. The Hall–Kier alpha value is -4.28. The van der Waals surface area contributed by atoms with Gasteiger partial charge in [0.05, 0.1) is 30.8 Å². The molecule has 5 rings (SSSR count). The molecule has 0 saturated heterocycles. The Balaban J connectivity index is 1.82. The number of hydrogen-bond acceptors (Lipinski definition) is 3. The zero-order chi connectivity index (χ0) is 21.4. The summed E-state index contributed by atoms with van der Waals surface area (Å²) < 4.78 is 7.47. The quantitative estimate of drug-likeness (QED) is 0.434. The zero-order valence-corrected chi connectivity index (χ0v) is 17.0. The van der Waals surface area contributed by atoms with Gasteiger partial charge in [0.1, 0.15) is 5.75 Å². The minimum atomic E-state index is -1.37. The highest BCUT2D eigenvalue weighted by molar-refractivity contribution is 5.94. The maximum atomic E-state index is 10.4. The van der Waals surface area contributed by atoms with Gasteiger partial charge in [-0.25, -0.2) is 0 Å². The zero-order valence-electron chi connectivity index (χ0n) is 17.0. The first kappa shape index (κ1) is 18.7. The first-order valence-electron chi connectivity index (χ1n) is 10.1. The lowest BCUT2D eigenvalue weighted by molar-refractivity contribution is 0.414. The standard InChI is InChI=1S/C27H19N3O/c1-31-21-12-11-20-13-14-30(25(20)16-21)26-23-10-6-5-9-22(23)24(27(26,17-28)18-29)15-19-7-3-2-4-8-19/h2-16,26H,1H3/b24-15-. The number of methoxy groups -OCH3 is 1. The molecule has 31 heavy (non-hydrogen) atoms. The van der Waals surface area contributed by atoms with Gasteiger partial charge < -0.3 is 9.30 Å². The van der Waals surface area contributed by atoms with Gasteiger partial charge in [0, 0.05) is 12.3 Å². The van der Waals surface area contributed by atoms with Gasteiger partial charge in [0.25, 0.3) is 0 Å². The molecule has 1 unspecified atom stereocenters. The van der Waals surface area contributed by atoms with E-state index in [9.17, 15) is 10.5 Å². The lowest BCUT2D eigenvalue weighted by Gasteiger charge is -2.26. The highest BCUT2D eigenvalue weighted by Gasteiger charge is 2.52. The van der Waals surface area contributed by atoms with Crippen LogP contribution in [0.15, 0.2) is 85.1 Å². The topological polar surface area (TPSA) is 61.7 Å². The molecule has 3 aromatic carbocycles. The van der Waals surface area contributed by atoms with E-state index in [-0.39, 0.29) is 0 Å². The molecular weight excluding hydrogens is 382 g/mol. The minimum absolute atomic E-state index is 0.474. The van der Waals surface area contributed by atoms with Crippen molar-refractivity contribution in [1.29, 1.82) is 10.5 Å². The molecular formula is C27H19N3O. The van der Waals surface area contributed by atoms with Crippen LogP contribution >= 0.6 is 0 Å². The molecule has 148 valence electrons. The number of hydrogen-bond donors (Lipinski definition) is 0. The van der Waals surface area contributed by atoms with Gasteiger partial charge in [-0.05, 0) is 51.9 Å². The van der Waals surface area contributed by atoms with Gasteiger partial charge in [-0.1, -0.05) is 54.6 Å². The van der Waals surface area contributed by atoms with Crippen molar-refractivity contribution < 1.29 is 4.74 Å². The molecule has 0 spiro atoms. The van der Waals surface area contributed by atoms with E-state index in [0.717, 1.165) is 38.9 Å². The van der Waals surface area contributed by atoms with Gasteiger partial charge in [0.2, 0.25) is 0 Å². The molecule has 0 radical (unpaired) electrons. The molecule has 0 amide bonds. The lowest BCUT2D eigenvalue weighted by atomic mass is 9.79. The molecule has 1 aliphatic carbocycles. The second-order valence-corrected chi connectivity index (χ2v) is 7.64. The van der Waals surface area contributed by atoms with E-state index in [1.165, 1.54) is 0 Å². The van der Waals surface area contributed by atoms with Crippen molar-refractivity contribution >= 4 is 22.6 Å². The van der Waals surface area contributed by atoms with Gasteiger partial charge in [-0.2, -0.15) is 10.5 Å². The molecule has 0 fully saturated rings. The van der Waals surface area contributed by atoms with Crippen molar-refractivity contribution in [2.45, 2.75) is 6.04 Å². The van der Waals surface area contributed by atoms with E-state index >= 15 is 0 Å². The summed E-state index contributed by atoms with van der Waals surface area (Å²) >= 11 is 0. The van der Waals surface area contributed by atoms with E-state index in [1.54, 1.807) is 7.11 Å². The Labute approximate surface area is 180 Å². The van der Waals surface area contributed by atoms with E-state index in [2.05, 4.69) is 12.1 Å². The normalized spacial score (nSPS) is 17.8. The Kier molecular flexibility index (Phi) is 4.35. The SMILES string of the molecule is COc1ccc2ccn(C3c4ccccc4/C(=C/c4ccccc4)C3(C#N)C#N)c2c1. The van der Waals surface area contributed by atoms with Crippen molar-refractivity contribution in [3.8, 4) is 17.9 Å². The average molecular weight is 401 g/mol. The predicted molar refractivity (Wildman–Crippen MR) is 121 cm³/mol. The largest absolute Gasteiger partial charge is 0.497 e. The summed E-state index contributed by atoms with van der Waals surface area (Å²) in [4.78, 5) is 0. The molecule has 4 aromatic rings. The van der Waals surface area contributed by atoms with Crippen LogP contribution in [0.1, 0.15) is 22.7 Å². The number of rotatable bonds is 3. The third-order valence-electron chi connectivity index (χ3n) is 6.05. The van der Waals surface area contributed by atoms with E-state index in [1.807, 2.05) is 95.7 Å². The van der Waals surface area contributed by atoms with Crippen molar-refractivity contribution in [3.63, 3.8) is 0 Å². The summed E-state index contributed by atoms with van der Waals surface area (Å²) in [6.45, 7) is 0. The monoisotopic (exact) mass is 401 g/mol. The van der Waals surface area contributed by atoms with Crippen LogP contribution in [0.4, 0.5) is 0 Å². The average Bonchev–Trinajstić information content (AvgIpc) is 3.36. The van der Waals surface area contributed by atoms with Crippen LogP contribution < -0.4 is 4.74 Å². The number of benzene rings is 3. The van der Waals surface area contributed by atoms with Crippen LogP contribution in [-0.4, -0.2) is 11.7 Å². The highest BCUT2D eigenvalue weighted by atomic mass is 16.5. The molecule has 1 atom stereocenters. The van der Waals surface area contributed by atoms with Gasteiger partial charge in [0.15, 0.2) is 5.41 Å². The van der Waals surface area contributed by atoms with Gasteiger partial charge >= 0.3 is 0 Å². The fourth-order valence-electron chi connectivity index (χ4n) is 4.59. The van der Waals surface area contributed by atoms with Crippen molar-refractivity contribution in [1.82, 2.24) is 4.57 Å². The molecule has 1 aliphatic rings. The third kappa shape index (κ3) is 2.74. The number of fused-ring (bicyclic) bond motifs is 2. The van der Waals surface area contributed by atoms with Crippen molar-refractivity contribution in [3.05, 3.63) is 102 Å². The van der Waals surface area contributed by atoms with Gasteiger partial charge in [-0.3, -0.25) is 0 Å². The second kappa shape index (κ2) is 7.20. The molecule has 1 aromatic heterocycles. The summed E-state index contributed by atoms with van der Waals surface area (Å²) in [6.07, 6.45) is 3.93. The molecule has 1 heterocycles. The highest BCUT2D eigenvalue weighted by Crippen LogP contribution is 2.56. The molecule has 4 nitrogen and oxygen atoms in total. The van der Waals surface area contributed by atoms with Crippen LogP contribution in [0, 0.1) is 28.1 Å². The number of nitriles is 2. The van der Waals surface area contributed by atoms with Crippen molar-refractivity contribution in [2.75, 3.05) is 7.11 Å². The van der Waals surface area contributed by atoms with Crippen LogP contribution in [0.2, 0.25) is 0 Å². The summed E-state index contributed by atoms with van der Waals surface area (Å²) in [5.41, 5.74) is 3.15. The predicted octanol–water partition coefficient (Wildman–Crippen LogP) is 5.83. The van der Waals surface area contributed by atoms with E-state index < -0.39 is 11.5 Å². The molecule has 0 saturated carbocycles. The molecule has 0 N–H and O–H groups in total. The maximum absolute atomic E-state index is 10.4. The number of aromatic nitrogens is 1. The van der Waals surface area contributed by atoms with Crippen molar-refractivity contribution in [2.24, 2.45) is 5.41 Å². The lowest BCUT2D eigenvalue weighted by Crippen LogP contribution is -2.26. The maximum Gasteiger partial charge on any atom is 0.193 e. The fourth-order valence-corrected chi connectivity index (χ4v) is 4.59. The fraction of sp³-hybridized carbons (Fsp3) is 0.111. The molecule has 4 heteroatoms. The number of nitrogens with zero attached hydrogens (tertiary/aromatic N) is 3. The molecule has 0 bridgehead atoms. The first-order chi connectivity index (χ1) is 15.2. The minimum Gasteiger partial charge on any atom is -0.497 e. The van der Waals surface area contributed by atoms with Crippen LogP contribution in [0.5, 0.6) is 5.75 Å². The number of allylic oxidation sites excluding steroid dienone is 1. The summed E-state index contributed by atoms with van der Waals surface area (Å²) in [7, 11) is 1.63. The molecule has 0 aliphatic heterocycles. The summed E-state index contributed by atoms with van der Waals surface area (Å²) in [5, 5.41) is 21.9. The van der Waals surface area contributed by atoms with Gasteiger partial charge in [-0.15, -0.1) is 0 Å². The summed E-state index contributed by atoms with van der Waals surface area (Å²) in [6, 6.07) is 30.0. The Morgan fingerprint density at radius 2 is 1.68 bits per heavy atom. The third-order valence-corrected chi connectivity index (χ3v) is 6.05. The van der Waals surface area contributed by atoms with E-state index in [4.69, 9.17) is 4.74 Å². The Bertz CT molecular complexity index is 1390.